The lowest BCUT2D eigenvalue weighted by Gasteiger charge is -2.19. The van der Waals surface area contributed by atoms with Crippen molar-refractivity contribution in [2.75, 3.05) is 14.1 Å². The molecule has 0 N–H and O–H groups in total. The van der Waals surface area contributed by atoms with E-state index in [4.69, 9.17) is 0 Å². The molecule has 0 fully saturated rings. The lowest BCUT2D eigenvalue weighted by Crippen LogP contribution is -2.27. The Morgan fingerprint density at radius 2 is 2.05 bits per heavy atom. The molecular formula is C13H17N5OS. The van der Waals surface area contributed by atoms with Crippen LogP contribution >= 0.6 is 11.8 Å². The molecule has 2 aromatic rings. The molecule has 1 heterocycles. The van der Waals surface area contributed by atoms with Crippen molar-refractivity contribution in [2.45, 2.75) is 23.9 Å². The lowest BCUT2D eigenvalue weighted by atomic mass is 10.1. The summed E-state index contributed by atoms with van der Waals surface area (Å²) in [6, 6.07) is 9.67. The van der Waals surface area contributed by atoms with E-state index >= 15 is 0 Å². The molecule has 1 amide bonds. The number of thioether (sulfide) groups is 1. The third kappa shape index (κ3) is 3.16. The third-order valence-corrected chi connectivity index (χ3v) is 4.00. The first kappa shape index (κ1) is 14.5. The van der Waals surface area contributed by atoms with Crippen LogP contribution in [0.2, 0.25) is 0 Å². The van der Waals surface area contributed by atoms with E-state index in [-0.39, 0.29) is 11.2 Å². The van der Waals surface area contributed by atoms with Crippen molar-refractivity contribution < 1.29 is 4.79 Å². The molecule has 1 aromatic heterocycles. The van der Waals surface area contributed by atoms with E-state index in [1.165, 1.54) is 11.8 Å². The van der Waals surface area contributed by atoms with Crippen molar-refractivity contribution in [1.82, 2.24) is 25.1 Å². The molecule has 2 rings (SSSR count). The number of benzene rings is 1. The van der Waals surface area contributed by atoms with Crippen molar-refractivity contribution in [1.29, 1.82) is 0 Å². The largest absolute Gasteiger partial charge is 0.348 e. The van der Waals surface area contributed by atoms with E-state index < -0.39 is 0 Å². The predicted molar refractivity (Wildman–Crippen MR) is 77.2 cm³/mol. The van der Waals surface area contributed by atoms with E-state index in [9.17, 15) is 4.79 Å². The summed E-state index contributed by atoms with van der Waals surface area (Å²) in [7, 11) is 3.50. The monoisotopic (exact) mass is 291 g/mol. The van der Waals surface area contributed by atoms with Crippen molar-refractivity contribution in [3.63, 3.8) is 0 Å². The Morgan fingerprint density at radius 3 is 2.65 bits per heavy atom. The Labute approximate surface area is 122 Å². The van der Waals surface area contributed by atoms with Crippen LogP contribution in [0.5, 0.6) is 0 Å². The molecule has 0 saturated carbocycles. The second-order valence-corrected chi connectivity index (χ2v) is 5.49. The van der Waals surface area contributed by atoms with Gasteiger partial charge in [0.25, 0.3) is 0 Å². The number of nitrogens with zero attached hydrogens (tertiary/aromatic N) is 5. The van der Waals surface area contributed by atoms with E-state index in [0.717, 1.165) is 5.56 Å². The second kappa shape index (κ2) is 6.51. The highest BCUT2D eigenvalue weighted by Gasteiger charge is 2.25. The van der Waals surface area contributed by atoms with Crippen molar-refractivity contribution in [2.24, 2.45) is 0 Å². The fourth-order valence-electron chi connectivity index (χ4n) is 1.71. The first-order valence-electron chi connectivity index (χ1n) is 6.32. The molecule has 0 bridgehead atoms. The number of aromatic nitrogens is 4. The summed E-state index contributed by atoms with van der Waals surface area (Å²) in [5.41, 5.74) is 0.946. The summed E-state index contributed by atoms with van der Waals surface area (Å²) in [5, 5.41) is 11.8. The Morgan fingerprint density at radius 1 is 1.35 bits per heavy atom. The Hall–Kier alpha value is -1.89. The molecule has 0 radical (unpaired) electrons. The molecule has 1 unspecified atom stereocenters. The summed E-state index contributed by atoms with van der Waals surface area (Å²) in [6.07, 6.45) is 0. The van der Waals surface area contributed by atoms with Gasteiger partial charge in [0.05, 0.1) is 0 Å². The van der Waals surface area contributed by atoms with Crippen molar-refractivity contribution >= 4 is 17.7 Å². The minimum Gasteiger partial charge on any atom is -0.348 e. The average Bonchev–Trinajstić information content (AvgIpc) is 2.92. The molecule has 0 spiro atoms. The van der Waals surface area contributed by atoms with Crippen LogP contribution in [0.25, 0.3) is 0 Å². The fourth-order valence-corrected chi connectivity index (χ4v) is 2.89. The topological polar surface area (TPSA) is 63.9 Å². The van der Waals surface area contributed by atoms with Crippen LogP contribution in [-0.2, 0) is 11.3 Å². The Balaban J connectivity index is 2.30. The molecule has 1 aromatic carbocycles. The molecular weight excluding hydrogens is 274 g/mol. The maximum Gasteiger partial charge on any atom is 0.240 e. The number of carbonyl (C=O) groups excluding carboxylic acids is 1. The number of rotatable bonds is 5. The molecule has 6 nitrogen and oxygen atoms in total. The molecule has 20 heavy (non-hydrogen) atoms. The van der Waals surface area contributed by atoms with Gasteiger partial charge in [-0.15, -0.1) is 5.10 Å². The number of amides is 1. The molecule has 0 aliphatic carbocycles. The predicted octanol–water partition coefficient (Wildman–Crippen LogP) is 1.61. The van der Waals surface area contributed by atoms with Gasteiger partial charge in [-0.25, -0.2) is 4.68 Å². The van der Waals surface area contributed by atoms with Crippen molar-refractivity contribution in [3.8, 4) is 0 Å². The van der Waals surface area contributed by atoms with Gasteiger partial charge in [0.1, 0.15) is 5.25 Å². The number of tetrazole rings is 1. The highest BCUT2D eigenvalue weighted by atomic mass is 32.2. The first-order valence-corrected chi connectivity index (χ1v) is 7.20. The van der Waals surface area contributed by atoms with E-state index in [1.807, 2.05) is 37.3 Å². The second-order valence-electron chi connectivity index (χ2n) is 4.42. The highest BCUT2D eigenvalue weighted by Crippen LogP contribution is 2.34. The number of aryl methyl sites for hydroxylation is 1. The Kier molecular flexibility index (Phi) is 4.73. The first-order chi connectivity index (χ1) is 9.63. The quantitative estimate of drug-likeness (QED) is 0.783. The molecule has 7 heteroatoms. The van der Waals surface area contributed by atoms with Gasteiger partial charge in [0.2, 0.25) is 11.1 Å². The smallest absolute Gasteiger partial charge is 0.240 e. The number of hydrogen-bond acceptors (Lipinski definition) is 5. The van der Waals surface area contributed by atoms with E-state index in [0.29, 0.717) is 11.7 Å². The van der Waals surface area contributed by atoms with E-state index in [1.54, 1.807) is 23.7 Å². The van der Waals surface area contributed by atoms with Crippen LogP contribution < -0.4 is 0 Å². The van der Waals surface area contributed by atoms with Crippen LogP contribution in [-0.4, -0.2) is 45.1 Å². The van der Waals surface area contributed by atoms with Crippen LogP contribution in [0.1, 0.15) is 17.7 Å². The van der Waals surface area contributed by atoms with Gasteiger partial charge in [-0.3, -0.25) is 4.79 Å². The molecule has 0 aliphatic heterocycles. The summed E-state index contributed by atoms with van der Waals surface area (Å²) < 4.78 is 1.68. The minimum atomic E-state index is -0.345. The van der Waals surface area contributed by atoms with Gasteiger partial charge in [0, 0.05) is 20.6 Å². The van der Waals surface area contributed by atoms with Gasteiger partial charge >= 0.3 is 0 Å². The molecule has 0 saturated heterocycles. The summed E-state index contributed by atoms with van der Waals surface area (Å²) >= 11 is 1.37. The zero-order chi connectivity index (χ0) is 14.5. The highest BCUT2D eigenvalue weighted by molar-refractivity contribution is 8.00. The van der Waals surface area contributed by atoms with Crippen LogP contribution in [0, 0.1) is 0 Å². The van der Waals surface area contributed by atoms with Gasteiger partial charge in [0.15, 0.2) is 0 Å². The SMILES string of the molecule is CCn1nnnc1SC(C(=O)N(C)C)c1ccccc1. The molecule has 0 aliphatic rings. The molecule has 106 valence electrons. The zero-order valence-corrected chi connectivity index (χ0v) is 12.5. The lowest BCUT2D eigenvalue weighted by molar-refractivity contribution is -0.128. The average molecular weight is 291 g/mol. The maximum absolute atomic E-state index is 12.4. The van der Waals surface area contributed by atoms with Gasteiger partial charge in [-0.1, -0.05) is 42.1 Å². The summed E-state index contributed by atoms with van der Waals surface area (Å²) in [5.74, 6) is 0.0202. The maximum atomic E-state index is 12.4. The van der Waals surface area contributed by atoms with Crippen LogP contribution in [0.3, 0.4) is 0 Å². The van der Waals surface area contributed by atoms with Gasteiger partial charge in [-0.2, -0.15) is 0 Å². The molecule has 1 atom stereocenters. The van der Waals surface area contributed by atoms with E-state index in [2.05, 4.69) is 15.5 Å². The normalized spacial score (nSPS) is 12.2. The standard InChI is InChI=1S/C13H17N5OS/c1-4-18-13(14-15-16-18)20-11(12(19)17(2)3)10-8-6-5-7-9-10/h5-9,11H,4H2,1-3H3. The third-order valence-electron chi connectivity index (χ3n) is 2.79. The Bertz CT molecular complexity index is 569. The zero-order valence-electron chi connectivity index (χ0n) is 11.7. The number of hydrogen-bond donors (Lipinski definition) is 0. The summed E-state index contributed by atoms with van der Waals surface area (Å²) in [6.45, 7) is 2.64. The number of carbonyl (C=O) groups is 1. The van der Waals surface area contributed by atoms with Crippen LogP contribution in [0.15, 0.2) is 35.5 Å². The minimum absolute atomic E-state index is 0.0202. The van der Waals surface area contributed by atoms with Crippen LogP contribution in [0.4, 0.5) is 0 Å². The fraction of sp³-hybridized carbons (Fsp3) is 0.385. The number of likely N-dealkylation sites (N-methyl/N-ethyl adjacent to an activating group) is 1. The summed E-state index contributed by atoms with van der Waals surface area (Å²) in [4.78, 5) is 14.0. The van der Waals surface area contributed by atoms with Gasteiger partial charge < -0.3 is 4.90 Å². The van der Waals surface area contributed by atoms with Crippen molar-refractivity contribution in [3.05, 3.63) is 35.9 Å². The van der Waals surface area contributed by atoms with Gasteiger partial charge in [-0.05, 0) is 22.9 Å².